The van der Waals surface area contributed by atoms with Crippen molar-refractivity contribution in [2.75, 3.05) is 6.61 Å². The van der Waals surface area contributed by atoms with Gasteiger partial charge < -0.3 is 56.2 Å². The normalized spacial score (nSPS) is 40.4. The smallest absolute Gasteiger partial charge is 0.394 e. The number of carbonyl (C=O) groups excluding carboxylic acids is 1. The molecule has 1 fully saturated rings. The van der Waals surface area contributed by atoms with Crippen molar-refractivity contribution >= 4 is 13.3 Å². The van der Waals surface area contributed by atoms with E-state index in [1.54, 1.807) is 0 Å². The van der Waals surface area contributed by atoms with E-state index in [4.69, 9.17) is 10.2 Å². The summed E-state index contributed by atoms with van der Waals surface area (Å²) in [4.78, 5) is 12.0. The molecule has 3 unspecified atom stereocenters. The summed E-state index contributed by atoms with van der Waals surface area (Å²) in [5, 5.41) is 102. The Morgan fingerprint density at radius 1 is 0.885 bits per heavy atom. The van der Waals surface area contributed by atoms with E-state index in [-0.39, 0.29) is 0 Å². The largest absolute Gasteiger partial charge is 0.458 e. The summed E-state index contributed by atoms with van der Waals surface area (Å²) in [6, 6.07) is 0. The molecule has 152 valence electrons. The van der Waals surface area contributed by atoms with E-state index in [0.717, 1.165) is 0 Å². The second-order valence-electron chi connectivity index (χ2n) is 5.95. The Bertz CT molecular complexity index is 513. The zero-order valence-electron chi connectivity index (χ0n) is 13.1. The molecule has 0 radical (unpaired) electrons. The third kappa shape index (κ3) is 3.80. The van der Waals surface area contributed by atoms with E-state index in [0.29, 0.717) is 0 Å². The highest BCUT2D eigenvalue weighted by Crippen LogP contribution is 2.48. The first kappa shape index (κ1) is 23.4. The van der Waals surface area contributed by atoms with Crippen molar-refractivity contribution in [3.8, 4) is 0 Å². The van der Waals surface area contributed by atoms with Crippen molar-refractivity contribution in [3.05, 3.63) is 0 Å². The number of rotatable bonds is 7. The van der Waals surface area contributed by atoms with Crippen LogP contribution in [0.1, 0.15) is 0 Å². The molecular weight excluding hydrogens is 383 g/mol. The second kappa shape index (κ2) is 8.56. The van der Waals surface area contributed by atoms with Gasteiger partial charge in [0, 0.05) is 0 Å². The van der Waals surface area contributed by atoms with Crippen molar-refractivity contribution < 1.29 is 65.5 Å². The van der Waals surface area contributed by atoms with E-state index in [1.165, 1.54) is 0 Å². The summed E-state index contributed by atoms with van der Waals surface area (Å²) in [7, 11) is -3.94. The van der Waals surface area contributed by atoms with Gasteiger partial charge in [0.1, 0.15) is 36.6 Å². The Labute approximate surface area is 146 Å². The summed E-state index contributed by atoms with van der Waals surface area (Å²) in [6.45, 7) is -1.07. The van der Waals surface area contributed by atoms with Crippen LogP contribution < -0.4 is 0 Å². The average Bonchev–Trinajstić information content (AvgIpc) is 2.65. The maximum atomic E-state index is 12.3. The molecule has 0 saturated heterocycles. The molecule has 0 aromatic heterocycles. The molecule has 0 bridgehead atoms. The summed E-state index contributed by atoms with van der Waals surface area (Å²) in [5.41, 5.74) is -1.91. The summed E-state index contributed by atoms with van der Waals surface area (Å²) in [5.74, 6) is 0. The molecule has 0 heterocycles. The van der Waals surface area contributed by atoms with Crippen LogP contribution in [0.15, 0.2) is 0 Å². The van der Waals surface area contributed by atoms with Crippen molar-refractivity contribution in [2.45, 2.75) is 60.3 Å². The first-order valence-electron chi connectivity index (χ1n) is 7.31. The first-order valence-corrected chi connectivity index (χ1v) is 8.56. The minimum atomic E-state index is -3.94. The van der Waals surface area contributed by atoms with Crippen LogP contribution in [0.4, 0.5) is 0 Å². The molecule has 1 aliphatic carbocycles. The molecule has 14 heteroatoms. The Morgan fingerprint density at radius 2 is 1.31 bits per heavy atom. The standard InChI is InChI=1S/C12H22O13P/c13-1-2(14)3(15)4(16)8(20)11(23)26(25)12(24)9(21)6(18)5(17)7(19)10(12)22/h2-10,13-22,24H,1H2/q+1/t2-,3-,4+,5?,6-,7+,8-,9-,10-,12?/m1/s1. The van der Waals surface area contributed by atoms with Crippen molar-refractivity contribution in [1.29, 1.82) is 0 Å². The third-order valence-corrected chi connectivity index (χ3v) is 6.10. The predicted molar refractivity (Wildman–Crippen MR) is 78.7 cm³/mol. The lowest BCUT2D eigenvalue weighted by Gasteiger charge is -2.41. The molecule has 11 N–H and O–H groups in total. The zero-order chi connectivity index (χ0) is 20.6. The Balaban J connectivity index is 3.10. The van der Waals surface area contributed by atoms with Crippen LogP contribution in [0, 0.1) is 0 Å². The van der Waals surface area contributed by atoms with Gasteiger partial charge in [-0.25, -0.2) is 4.79 Å². The van der Waals surface area contributed by atoms with Crippen LogP contribution in [0.5, 0.6) is 0 Å². The van der Waals surface area contributed by atoms with Crippen molar-refractivity contribution in [1.82, 2.24) is 0 Å². The van der Waals surface area contributed by atoms with Crippen LogP contribution in [0.25, 0.3) is 0 Å². The van der Waals surface area contributed by atoms with Crippen LogP contribution in [0.3, 0.4) is 0 Å². The SMILES string of the molecule is O=C([C@H](O)[C@@H](O)[C@H](O)[C@H](O)CO)[P+](=O)C1(O)[C@H](O)[C@H](O)C(O)[C@H](O)[C@H]1O. The van der Waals surface area contributed by atoms with Gasteiger partial charge in [0.05, 0.1) is 6.61 Å². The molecule has 0 aromatic rings. The first-order chi connectivity index (χ1) is 11.8. The summed E-state index contributed by atoms with van der Waals surface area (Å²) < 4.78 is 12.3. The van der Waals surface area contributed by atoms with Gasteiger partial charge in [0.25, 0.3) is 0 Å². The molecule has 11 atom stereocenters. The third-order valence-electron chi connectivity index (χ3n) is 4.25. The number of aliphatic hydroxyl groups is 11. The van der Waals surface area contributed by atoms with Crippen molar-refractivity contribution in [2.24, 2.45) is 0 Å². The van der Waals surface area contributed by atoms with E-state index in [9.17, 15) is 55.3 Å². The fourth-order valence-corrected chi connectivity index (χ4v) is 3.99. The van der Waals surface area contributed by atoms with Crippen LogP contribution in [-0.4, -0.2) is 129 Å². The quantitative estimate of drug-likeness (QED) is 0.176. The van der Waals surface area contributed by atoms with E-state index in [2.05, 4.69) is 0 Å². The minimum absolute atomic E-state index is 1.07. The number of hydrogen-bond donors (Lipinski definition) is 11. The molecule has 26 heavy (non-hydrogen) atoms. The average molecular weight is 405 g/mol. The number of hydrogen-bond acceptors (Lipinski definition) is 13. The Hall–Kier alpha value is -0.670. The van der Waals surface area contributed by atoms with E-state index < -0.39 is 80.2 Å². The molecule has 0 aromatic carbocycles. The number of carbonyl (C=O) groups is 1. The fraction of sp³-hybridized carbons (Fsp3) is 0.917. The topological polar surface area (TPSA) is 257 Å². The van der Waals surface area contributed by atoms with Gasteiger partial charge in [-0.15, -0.1) is 0 Å². The van der Waals surface area contributed by atoms with Crippen LogP contribution >= 0.6 is 7.80 Å². The second-order valence-corrected chi connectivity index (χ2v) is 7.70. The van der Waals surface area contributed by atoms with E-state index >= 15 is 0 Å². The molecule has 13 nitrogen and oxygen atoms in total. The molecule has 1 saturated carbocycles. The summed E-state index contributed by atoms with van der Waals surface area (Å²) >= 11 is 0. The highest BCUT2D eigenvalue weighted by atomic mass is 31.1. The minimum Gasteiger partial charge on any atom is -0.394 e. The van der Waals surface area contributed by atoms with Gasteiger partial charge in [-0.1, -0.05) is 4.57 Å². The van der Waals surface area contributed by atoms with Crippen molar-refractivity contribution in [3.63, 3.8) is 0 Å². The molecule has 0 aliphatic heterocycles. The highest BCUT2D eigenvalue weighted by Gasteiger charge is 2.72. The van der Waals surface area contributed by atoms with E-state index in [1.807, 2.05) is 0 Å². The lowest BCUT2D eigenvalue weighted by atomic mass is 9.84. The Morgan fingerprint density at radius 3 is 1.69 bits per heavy atom. The van der Waals surface area contributed by atoms with Crippen LogP contribution in [0.2, 0.25) is 0 Å². The molecule has 1 rings (SSSR count). The van der Waals surface area contributed by atoms with Gasteiger partial charge in [-0.05, 0) is 0 Å². The maximum absolute atomic E-state index is 12.3. The molecule has 0 spiro atoms. The Kier molecular flexibility index (Phi) is 7.69. The zero-order valence-corrected chi connectivity index (χ0v) is 14.0. The molecular formula is C12H22O13P+. The lowest BCUT2D eigenvalue weighted by molar-refractivity contribution is -0.238. The van der Waals surface area contributed by atoms with Gasteiger partial charge >= 0.3 is 18.7 Å². The number of aliphatic hydroxyl groups excluding tert-OH is 10. The molecule has 1 aliphatic rings. The fourth-order valence-electron chi connectivity index (χ4n) is 2.46. The van der Waals surface area contributed by atoms with Gasteiger partial charge in [-0.3, -0.25) is 0 Å². The summed E-state index contributed by atoms with van der Waals surface area (Å²) in [6.07, 6.45) is -21.4. The predicted octanol–water partition coefficient (Wildman–Crippen LogP) is -6.72. The monoisotopic (exact) mass is 405 g/mol. The lowest BCUT2D eigenvalue weighted by Crippen LogP contribution is -2.69. The maximum Gasteiger partial charge on any atom is 0.458 e. The van der Waals surface area contributed by atoms with Gasteiger partial charge in [0.2, 0.25) is 0 Å². The van der Waals surface area contributed by atoms with Crippen LogP contribution in [-0.2, 0) is 9.36 Å². The van der Waals surface area contributed by atoms with Gasteiger partial charge in [0.15, 0.2) is 18.3 Å². The van der Waals surface area contributed by atoms with Gasteiger partial charge in [-0.2, -0.15) is 0 Å². The molecule has 0 amide bonds. The highest BCUT2D eigenvalue weighted by molar-refractivity contribution is 7.65.